The van der Waals surface area contributed by atoms with Gasteiger partial charge in [-0.2, -0.15) is 0 Å². The number of nitrogens with zero attached hydrogens (tertiary/aromatic N) is 5. The van der Waals surface area contributed by atoms with Crippen LogP contribution in [0, 0.1) is 0 Å². The van der Waals surface area contributed by atoms with Crippen LogP contribution in [0.15, 0.2) is 54.9 Å². The molecule has 0 unspecified atom stereocenters. The zero-order valence-corrected chi connectivity index (χ0v) is 17.3. The van der Waals surface area contributed by atoms with Crippen LogP contribution in [0.4, 0.5) is 0 Å². The highest BCUT2D eigenvalue weighted by Crippen LogP contribution is 2.33. The van der Waals surface area contributed by atoms with E-state index in [9.17, 15) is 0 Å². The molecule has 4 heterocycles. The summed E-state index contributed by atoms with van der Waals surface area (Å²) in [5.41, 5.74) is 5.01. The van der Waals surface area contributed by atoms with Gasteiger partial charge in [0, 0.05) is 29.7 Å². The lowest BCUT2D eigenvalue weighted by Crippen LogP contribution is -2.33. The Morgan fingerprint density at radius 2 is 1.42 bits per heavy atom. The van der Waals surface area contributed by atoms with Gasteiger partial charge in [-0.3, -0.25) is 14.9 Å². The second kappa shape index (κ2) is 7.71. The van der Waals surface area contributed by atoms with Gasteiger partial charge < -0.3 is 4.74 Å². The standard InChI is InChI=1S/C25H23N5O/c1-2-13-30(14-3-1)15-16-31-20-10-4-9-19-25(20)29-24-18-8-6-12-27-22(18)21-17(23(24)28-19)7-5-11-26-21/h4-12H,1-3,13-16H2. The highest BCUT2D eigenvalue weighted by Gasteiger charge is 2.16. The zero-order chi connectivity index (χ0) is 20.6. The molecular weight excluding hydrogens is 386 g/mol. The lowest BCUT2D eigenvalue weighted by atomic mass is 10.1. The van der Waals surface area contributed by atoms with Gasteiger partial charge in [0.2, 0.25) is 0 Å². The third kappa shape index (κ3) is 3.24. The number of ether oxygens (including phenoxy) is 1. The Morgan fingerprint density at radius 1 is 0.710 bits per heavy atom. The Labute approximate surface area is 179 Å². The van der Waals surface area contributed by atoms with E-state index in [0.717, 1.165) is 56.2 Å². The van der Waals surface area contributed by atoms with Gasteiger partial charge in [0.05, 0.1) is 27.6 Å². The molecule has 0 spiro atoms. The molecular formula is C25H23N5O. The summed E-state index contributed by atoms with van der Waals surface area (Å²) in [6.07, 6.45) is 7.51. The van der Waals surface area contributed by atoms with Crippen LogP contribution in [-0.4, -0.2) is 51.1 Å². The molecule has 0 aliphatic carbocycles. The van der Waals surface area contributed by atoms with Crippen LogP contribution < -0.4 is 4.74 Å². The number of likely N-dealkylation sites (tertiary alicyclic amines) is 1. The third-order valence-electron chi connectivity index (χ3n) is 6.12. The average molecular weight is 409 g/mol. The molecule has 5 aromatic rings. The summed E-state index contributed by atoms with van der Waals surface area (Å²) in [6, 6.07) is 13.9. The minimum absolute atomic E-state index is 0.656. The Kier molecular flexibility index (Phi) is 4.57. The van der Waals surface area contributed by atoms with Crippen molar-refractivity contribution in [2.24, 2.45) is 0 Å². The van der Waals surface area contributed by atoms with Crippen molar-refractivity contribution in [2.45, 2.75) is 19.3 Å². The zero-order valence-electron chi connectivity index (χ0n) is 17.3. The first-order valence-corrected chi connectivity index (χ1v) is 11.0. The average Bonchev–Trinajstić information content (AvgIpc) is 2.84. The topological polar surface area (TPSA) is 64.0 Å². The van der Waals surface area contributed by atoms with Crippen LogP contribution in [0.3, 0.4) is 0 Å². The third-order valence-corrected chi connectivity index (χ3v) is 6.12. The van der Waals surface area contributed by atoms with Crippen molar-refractivity contribution >= 4 is 43.9 Å². The van der Waals surface area contributed by atoms with Crippen LogP contribution >= 0.6 is 0 Å². The first-order valence-electron chi connectivity index (χ1n) is 11.0. The van der Waals surface area contributed by atoms with E-state index < -0.39 is 0 Å². The minimum atomic E-state index is 0.656. The fourth-order valence-electron chi connectivity index (χ4n) is 4.58. The second-order valence-corrected chi connectivity index (χ2v) is 8.09. The Balaban J connectivity index is 1.48. The van der Waals surface area contributed by atoms with Gasteiger partial charge in [0.25, 0.3) is 0 Å². The summed E-state index contributed by atoms with van der Waals surface area (Å²) >= 11 is 0. The minimum Gasteiger partial charge on any atom is -0.490 e. The van der Waals surface area contributed by atoms with E-state index in [0.29, 0.717) is 6.61 Å². The van der Waals surface area contributed by atoms with E-state index in [1.54, 1.807) is 12.4 Å². The molecule has 1 fully saturated rings. The highest BCUT2D eigenvalue weighted by molar-refractivity contribution is 6.21. The molecule has 0 bridgehead atoms. The normalized spacial score (nSPS) is 15.2. The summed E-state index contributed by atoms with van der Waals surface area (Å²) < 4.78 is 6.20. The van der Waals surface area contributed by atoms with Crippen molar-refractivity contribution < 1.29 is 4.74 Å². The van der Waals surface area contributed by atoms with Crippen molar-refractivity contribution in [3.05, 3.63) is 54.9 Å². The summed E-state index contributed by atoms with van der Waals surface area (Å²) in [4.78, 5) is 21.7. The number of aromatic nitrogens is 4. The largest absolute Gasteiger partial charge is 0.490 e. The van der Waals surface area contributed by atoms with Gasteiger partial charge in [-0.25, -0.2) is 9.97 Å². The van der Waals surface area contributed by atoms with E-state index in [1.165, 1.54) is 32.4 Å². The lowest BCUT2D eigenvalue weighted by Gasteiger charge is -2.26. The molecule has 3 aromatic heterocycles. The summed E-state index contributed by atoms with van der Waals surface area (Å²) in [7, 11) is 0. The predicted octanol–water partition coefficient (Wildman–Crippen LogP) is 4.74. The van der Waals surface area contributed by atoms with E-state index in [4.69, 9.17) is 14.7 Å². The van der Waals surface area contributed by atoms with Gasteiger partial charge in [0.15, 0.2) is 0 Å². The maximum atomic E-state index is 6.20. The Hall–Kier alpha value is -3.38. The molecule has 0 radical (unpaired) electrons. The molecule has 2 aromatic carbocycles. The van der Waals surface area contributed by atoms with E-state index in [-0.39, 0.29) is 0 Å². The molecule has 0 saturated carbocycles. The molecule has 0 amide bonds. The van der Waals surface area contributed by atoms with Crippen molar-refractivity contribution in [3.63, 3.8) is 0 Å². The number of piperidine rings is 1. The van der Waals surface area contributed by atoms with E-state index in [2.05, 4.69) is 14.9 Å². The molecule has 1 saturated heterocycles. The number of hydrogen-bond acceptors (Lipinski definition) is 6. The summed E-state index contributed by atoms with van der Waals surface area (Å²) in [5, 5.41) is 1.93. The predicted molar refractivity (Wildman–Crippen MR) is 123 cm³/mol. The first-order chi connectivity index (χ1) is 15.4. The van der Waals surface area contributed by atoms with E-state index >= 15 is 0 Å². The van der Waals surface area contributed by atoms with Gasteiger partial charge >= 0.3 is 0 Å². The number of benzene rings is 2. The number of para-hydroxylation sites is 1. The van der Waals surface area contributed by atoms with Crippen LogP contribution in [0.2, 0.25) is 0 Å². The number of rotatable bonds is 4. The number of pyridine rings is 2. The lowest BCUT2D eigenvalue weighted by molar-refractivity contribution is 0.184. The fraction of sp³-hybridized carbons (Fsp3) is 0.280. The van der Waals surface area contributed by atoms with Crippen molar-refractivity contribution in [3.8, 4) is 5.75 Å². The summed E-state index contributed by atoms with van der Waals surface area (Å²) in [5.74, 6) is 0.784. The SMILES string of the molecule is c1cc(OCCN2CCCCC2)c2nc3c4cccnc4c4ncccc4c3nc2c1. The van der Waals surface area contributed by atoms with Gasteiger partial charge in [-0.15, -0.1) is 0 Å². The highest BCUT2D eigenvalue weighted by atomic mass is 16.5. The van der Waals surface area contributed by atoms with Gasteiger partial charge in [0.1, 0.15) is 17.9 Å². The Morgan fingerprint density at radius 3 is 2.16 bits per heavy atom. The monoisotopic (exact) mass is 409 g/mol. The molecule has 154 valence electrons. The molecule has 31 heavy (non-hydrogen) atoms. The molecule has 6 nitrogen and oxygen atoms in total. The van der Waals surface area contributed by atoms with Gasteiger partial charge in [-0.05, 0) is 62.3 Å². The molecule has 0 atom stereocenters. The fourth-order valence-corrected chi connectivity index (χ4v) is 4.58. The van der Waals surface area contributed by atoms with Crippen LogP contribution in [-0.2, 0) is 0 Å². The van der Waals surface area contributed by atoms with Gasteiger partial charge in [-0.1, -0.05) is 12.5 Å². The van der Waals surface area contributed by atoms with Crippen molar-refractivity contribution in [1.29, 1.82) is 0 Å². The number of hydrogen-bond donors (Lipinski definition) is 0. The molecule has 1 aliphatic rings. The quantitative estimate of drug-likeness (QED) is 0.315. The van der Waals surface area contributed by atoms with Crippen LogP contribution in [0.1, 0.15) is 19.3 Å². The van der Waals surface area contributed by atoms with Crippen LogP contribution in [0.5, 0.6) is 5.75 Å². The number of fused-ring (bicyclic) bond motifs is 7. The maximum absolute atomic E-state index is 6.20. The summed E-state index contributed by atoms with van der Waals surface area (Å²) in [6.45, 7) is 3.94. The first kappa shape index (κ1) is 18.4. The Bertz CT molecular complexity index is 1410. The van der Waals surface area contributed by atoms with Crippen molar-refractivity contribution in [1.82, 2.24) is 24.8 Å². The second-order valence-electron chi connectivity index (χ2n) is 8.09. The molecule has 1 aliphatic heterocycles. The molecule has 6 heteroatoms. The maximum Gasteiger partial charge on any atom is 0.147 e. The van der Waals surface area contributed by atoms with Crippen molar-refractivity contribution in [2.75, 3.05) is 26.2 Å². The van der Waals surface area contributed by atoms with Crippen LogP contribution in [0.25, 0.3) is 43.9 Å². The smallest absolute Gasteiger partial charge is 0.147 e. The molecule has 0 N–H and O–H groups in total. The molecule has 6 rings (SSSR count). The van der Waals surface area contributed by atoms with E-state index in [1.807, 2.05) is 42.5 Å².